The minimum absolute atomic E-state index is 0.00500. The molecule has 0 radical (unpaired) electrons. The van der Waals surface area contributed by atoms with Gasteiger partial charge in [0.1, 0.15) is 5.82 Å². The van der Waals surface area contributed by atoms with E-state index in [4.69, 9.17) is 10.6 Å². The lowest BCUT2D eigenvalue weighted by atomic mass is 10.3. The van der Waals surface area contributed by atoms with Crippen LogP contribution in [0, 0.1) is 17.5 Å². The molecule has 0 fully saturated rings. The summed E-state index contributed by atoms with van der Waals surface area (Å²) in [5, 5.41) is 2.39. The van der Waals surface area contributed by atoms with Gasteiger partial charge in [0.2, 0.25) is 5.96 Å². The highest BCUT2D eigenvalue weighted by molar-refractivity contribution is 5.93. The Morgan fingerprint density at radius 1 is 1.35 bits per heavy atom. The van der Waals surface area contributed by atoms with E-state index in [0.29, 0.717) is 32.2 Å². The zero-order chi connectivity index (χ0) is 15.0. The fraction of sp³-hybridized carbons (Fsp3) is 0.417. The van der Waals surface area contributed by atoms with Gasteiger partial charge in [0.05, 0.1) is 5.69 Å². The van der Waals surface area contributed by atoms with Crippen molar-refractivity contribution in [2.24, 2.45) is 10.8 Å². The molecule has 0 saturated carbocycles. The average molecular weight is 290 g/mol. The molecule has 0 heterocycles. The smallest absolute Gasteiger partial charge is 0.210 e. The zero-order valence-electron chi connectivity index (χ0n) is 11.0. The van der Waals surface area contributed by atoms with Crippen LogP contribution < -0.4 is 16.6 Å². The highest BCUT2D eigenvalue weighted by Gasteiger charge is 2.12. The third-order valence-electron chi connectivity index (χ3n) is 2.30. The minimum atomic E-state index is -1.29. The first-order chi connectivity index (χ1) is 9.58. The van der Waals surface area contributed by atoms with Crippen LogP contribution in [-0.4, -0.2) is 25.7 Å². The molecule has 4 N–H and O–H groups in total. The first-order valence-corrected chi connectivity index (χ1v) is 6.08. The van der Waals surface area contributed by atoms with Gasteiger partial charge in [-0.05, 0) is 13.3 Å². The molecule has 0 saturated heterocycles. The number of rotatable bonds is 6. The second kappa shape index (κ2) is 8.39. The van der Waals surface area contributed by atoms with Crippen LogP contribution in [0.5, 0.6) is 0 Å². The SMILES string of the molecule is CCOCCCN=C(NN)Nc1cc(F)cc(F)c1F. The Morgan fingerprint density at radius 2 is 2.10 bits per heavy atom. The van der Waals surface area contributed by atoms with E-state index in [0.717, 1.165) is 6.07 Å². The van der Waals surface area contributed by atoms with E-state index in [1.54, 1.807) is 0 Å². The molecular weight excluding hydrogens is 273 g/mol. The van der Waals surface area contributed by atoms with Crippen molar-refractivity contribution in [2.75, 3.05) is 25.1 Å². The van der Waals surface area contributed by atoms with E-state index in [-0.39, 0.29) is 11.6 Å². The van der Waals surface area contributed by atoms with Crippen LogP contribution in [0.1, 0.15) is 13.3 Å². The Bertz CT molecular complexity index is 468. The molecule has 0 aromatic heterocycles. The molecule has 0 aliphatic rings. The van der Waals surface area contributed by atoms with Gasteiger partial charge in [-0.2, -0.15) is 0 Å². The number of aliphatic imine (C=N–C) groups is 1. The molecule has 0 unspecified atom stereocenters. The summed E-state index contributed by atoms with van der Waals surface area (Å²) in [5.74, 6) is 1.81. The Kier molecular flexibility index (Phi) is 6.82. The summed E-state index contributed by atoms with van der Waals surface area (Å²) in [6.45, 7) is 3.38. The summed E-state index contributed by atoms with van der Waals surface area (Å²) in [4.78, 5) is 3.99. The van der Waals surface area contributed by atoms with Gasteiger partial charge in [-0.15, -0.1) is 0 Å². The Morgan fingerprint density at radius 3 is 2.75 bits per heavy atom. The standard InChI is InChI=1S/C12H17F3N4O/c1-2-20-5-3-4-17-12(19-16)18-10-7-8(13)6-9(14)11(10)15/h6-7H,2-5,16H2,1H3,(H2,17,18,19). The number of halogens is 3. The van der Waals surface area contributed by atoms with Crippen molar-refractivity contribution in [3.8, 4) is 0 Å². The maximum Gasteiger partial charge on any atom is 0.210 e. The van der Waals surface area contributed by atoms with E-state index >= 15 is 0 Å². The first kappa shape index (κ1) is 16.3. The predicted molar refractivity (Wildman–Crippen MR) is 70.7 cm³/mol. The summed E-state index contributed by atoms with van der Waals surface area (Å²) < 4.78 is 44.6. The summed E-state index contributed by atoms with van der Waals surface area (Å²) in [6, 6.07) is 1.26. The summed E-state index contributed by atoms with van der Waals surface area (Å²) in [6.07, 6.45) is 0.640. The number of benzene rings is 1. The number of hydrazine groups is 1. The van der Waals surface area contributed by atoms with Gasteiger partial charge in [0.25, 0.3) is 0 Å². The molecule has 0 aliphatic heterocycles. The molecule has 1 aromatic carbocycles. The maximum atomic E-state index is 13.4. The van der Waals surface area contributed by atoms with E-state index in [1.165, 1.54) is 0 Å². The molecule has 1 aromatic rings. The highest BCUT2D eigenvalue weighted by atomic mass is 19.2. The number of nitrogens with zero attached hydrogens (tertiary/aromatic N) is 1. The zero-order valence-corrected chi connectivity index (χ0v) is 11.0. The van der Waals surface area contributed by atoms with Crippen molar-refractivity contribution in [2.45, 2.75) is 13.3 Å². The molecule has 0 spiro atoms. The van der Waals surface area contributed by atoms with Crippen molar-refractivity contribution in [1.82, 2.24) is 5.43 Å². The van der Waals surface area contributed by atoms with Crippen LogP contribution in [0.3, 0.4) is 0 Å². The van der Waals surface area contributed by atoms with Gasteiger partial charge < -0.3 is 10.1 Å². The molecule has 112 valence electrons. The average Bonchev–Trinajstić information content (AvgIpc) is 2.42. The largest absolute Gasteiger partial charge is 0.382 e. The maximum absolute atomic E-state index is 13.4. The fourth-order valence-corrected chi connectivity index (χ4v) is 1.40. The number of hydrogen-bond donors (Lipinski definition) is 3. The highest BCUT2D eigenvalue weighted by Crippen LogP contribution is 2.18. The second-order valence-electron chi connectivity index (χ2n) is 3.80. The lowest BCUT2D eigenvalue weighted by molar-refractivity contribution is 0.146. The van der Waals surface area contributed by atoms with Crippen LogP contribution in [0.2, 0.25) is 0 Å². The van der Waals surface area contributed by atoms with Crippen LogP contribution in [0.15, 0.2) is 17.1 Å². The van der Waals surface area contributed by atoms with Crippen molar-refractivity contribution in [1.29, 1.82) is 0 Å². The van der Waals surface area contributed by atoms with Gasteiger partial charge in [0, 0.05) is 31.9 Å². The Balaban J connectivity index is 2.66. The molecule has 20 heavy (non-hydrogen) atoms. The van der Waals surface area contributed by atoms with Crippen LogP contribution in [0.4, 0.5) is 18.9 Å². The molecule has 1 rings (SSSR count). The van der Waals surface area contributed by atoms with E-state index in [1.807, 2.05) is 6.92 Å². The van der Waals surface area contributed by atoms with E-state index in [9.17, 15) is 13.2 Å². The van der Waals surface area contributed by atoms with Gasteiger partial charge in [-0.3, -0.25) is 10.4 Å². The van der Waals surface area contributed by atoms with E-state index in [2.05, 4.69) is 15.7 Å². The van der Waals surface area contributed by atoms with Crippen molar-refractivity contribution < 1.29 is 17.9 Å². The number of nitrogens with one attached hydrogen (secondary N) is 2. The molecular formula is C12H17F3N4O. The second-order valence-corrected chi connectivity index (χ2v) is 3.80. The third-order valence-corrected chi connectivity index (χ3v) is 2.30. The number of ether oxygens (including phenoxy) is 1. The fourth-order valence-electron chi connectivity index (χ4n) is 1.40. The lowest BCUT2D eigenvalue weighted by Crippen LogP contribution is -2.36. The summed E-state index contributed by atoms with van der Waals surface area (Å²) in [5.41, 5.74) is 1.81. The molecule has 0 bridgehead atoms. The monoisotopic (exact) mass is 290 g/mol. The molecule has 0 atom stereocenters. The Labute approximate surface area is 115 Å². The number of guanidine groups is 1. The normalized spacial score (nSPS) is 11.6. The number of anilines is 1. The molecule has 5 nitrogen and oxygen atoms in total. The van der Waals surface area contributed by atoms with Gasteiger partial charge >= 0.3 is 0 Å². The minimum Gasteiger partial charge on any atom is -0.382 e. The topological polar surface area (TPSA) is 71.7 Å². The Hall–Kier alpha value is -1.80. The predicted octanol–water partition coefficient (Wildman–Crippen LogP) is 1.76. The van der Waals surface area contributed by atoms with Gasteiger partial charge in [0.15, 0.2) is 11.6 Å². The summed E-state index contributed by atoms with van der Waals surface area (Å²) >= 11 is 0. The van der Waals surface area contributed by atoms with Crippen LogP contribution in [-0.2, 0) is 4.74 Å². The first-order valence-electron chi connectivity index (χ1n) is 6.08. The van der Waals surface area contributed by atoms with Crippen molar-refractivity contribution >= 4 is 11.6 Å². The molecule has 0 aliphatic carbocycles. The molecule has 8 heteroatoms. The third kappa shape index (κ3) is 5.06. The van der Waals surface area contributed by atoms with Crippen LogP contribution >= 0.6 is 0 Å². The van der Waals surface area contributed by atoms with Gasteiger partial charge in [-0.25, -0.2) is 19.0 Å². The van der Waals surface area contributed by atoms with Gasteiger partial charge in [-0.1, -0.05) is 0 Å². The number of nitrogens with two attached hydrogens (primary N) is 1. The molecule has 0 amide bonds. The summed E-state index contributed by atoms with van der Waals surface area (Å²) in [7, 11) is 0. The lowest BCUT2D eigenvalue weighted by Gasteiger charge is -2.10. The van der Waals surface area contributed by atoms with E-state index < -0.39 is 17.5 Å². The quantitative estimate of drug-likeness (QED) is 0.186. The van der Waals surface area contributed by atoms with Crippen molar-refractivity contribution in [3.05, 3.63) is 29.6 Å². The van der Waals surface area contributed by atoms with Crippen LogP contribution in [0.25, 0.3) is 0 Å². The number of hydrogen-bond acceptors (Lipinski definition) is 3. The van der Waals surface area contributed by atoms with Crippen molar-refractivity contribution in [3.63, 3.8) is 0 Å².